The zero-order chi connectivity index (χ0) is 19.9. The Morgan fingerprint density at radius 1 is 0.964 bits per heavy atom. The first-order chi connectivity index (χ1) is 13.5. The van der Waals surface area contributed by atoms with Gasteiger partial charge >= 0.3 is 0 Å². The molecule has 2 aromatic carbocycles. The molecule has 2 amide bonds. The second kappa shape index (κ2) is 9.23. The van der Waals surface area contributed by atoms with Crippen molar-refractivity contribution in [2.45, 2.75) is 32.2 Å². The zero-order valence-electron chi connectivity index (χ0n) is 15.8. The Morgan fingerprint density at radius 3 is 2.21 bits per heavy atom. The third-order valence-corrected chi connectivity index (χ3v) is 5.25. The van der Waals surface area contributed by atoms with Gasteiger partial charge in [-0.3, -0.25) is 9.59 Å². The van der Waals surface area contributed by atoms with Gasteiger partial charge in [-0.25, -0.2) is 0 Å². The molecular formula is C21H22N4O2S. The van der Waals surface area contributed by atoms with Crippen molar-refractivity contribution in [3.63, 3.8) is 0 Å². The molecule has 1 heterocycles. The lowest BCUT2D eigenvalue weighted by Crippen LogP contribution is -2.31. The summed E-state index contributed by atoms with van der Waals surface area (Å²) in [4.78, 5) is 25.2. The fraction of sp³-hybridized carbons (Fsp3) is 0.238. The summed E-state index contributed by atoms with van der Waals surface area (Å²) in [6.45, 7) is 4.05. The Hall–Kier alpha value is -3.06. The quantitative estimate of drug-likeness (QED) is 0.630. The minimum absolute atomic E-state index is 0.0964. The topological polar surface area (TPSA) is 84.0 Å². The van der Waals surface area contributed by atoms with Crippen molar-refractivity contribution in [2.24, 2.45) is 0 Å². The van der Waals surface area contributed by atoms with Crippen LogP contribution in [0.5, 0.6) is 0 Å². The van der Waals surface area contributed by atoms with E-state index in [1.165, 1.54) is 11.3 Å². The fourth-order valence-electron chi connectivity index (χ4n) is 2.64. The third kappa shape index (κ3) is 5.23. The number of benzene rings is 2. The highest BCUT2D eigenvalue weighted by molar-refractivity contribution is 7.15. The Balaban J connectivity index is 1.71. The molecule has 0 radical (unpaired) electrons. The second-order valence-corrected chi connectivity index (χ2v) is 7.66. The van der Waals surface area contributed by atoms with E-state index in [0.717, 1.165) is 10.6 Å². The summed E-state index contributed by atoms with van der Waals surface area (Å²) in [6.07, 6.45) is 0.0964. The lowest BCUT2D eigenvalue weighted by molar-refractivity contribution is -0.116. The number of aromatic nitrogens is 2. The first-order valence-corrected chi connectivity index (χ1v) is 9.88. The second-order valence-electron chi connectivity index (χ2n) is 6.66. The number of nitrogens with one attached hydrogen (secondary N) is 2. The van der Waals surface area contributed by atoms with Crippen LogP contribution in [0.1, 0.15) is 53.2 Å². The van der Waals surface area contributed by atoms with Crippen molar-refractivity contribution in [3.05, 3.63) is 76.8 Å². The molecule has 0 aliphatic rings. The van der Waals surface area contributed by atoms with E-state index < -0.39 is 6.04 Å². The normalized spacial score (nSPS) is 11.8. The van der Waals surface area contributed by atoms with Gasteiger partial charge in [0.05, 0.1) is 12.5 Å². The molecule has 7 heteroatoms. The Labute approximate surface area is 168 Å². The minimum atomic E-state index is -0.452. The average Bonchev–Trinajstić information content (AvgIpc) is 3.17. The van der Waals surface area contributed by atoms with Crippen molar-refractivity contribution in [1.82, 2.24) is 15.5 Å². The summed E-state index contributed by atoms with van der Waals surface area (Å²) >= 11 is 1.36. The number of carbonyl (C=O) groups is 2. The van der Waals surface area contributed by atoms with Gasteiger partial charge in [0.2, 0.25) is 11.0 Å². The highest BCUT2D eigenvalue weighted by Crippen LogP contribution is 2.24. The molecular weight excluding hydrogens is 372 g/mol. The van der Waals surface area contributed by atoms with Crippen LogP contribution in [0.4, 0.5) is 5.13 Å². The number of nitrogens with zero attached hydrogens (tertiary/aromatic N) is 2. The van der Waals surface area contributed by atoms with Gasteiger partial charge in [0.1, 0.15) is 5.01 Å². The number of hydrogen-bond donors (Lipinski definition) is 2. The van der Waals surface area contributed by atoms with Crippen LogP contribution in [0, 0.1) is 0 Å². The highest BCUT2D eigenvalue weighted by atomic mass is 32.1. The summed E-state index contributed by atoms with van der Waals surface area (Å²) in [6, 6.07) is 18.0. The van der Waals surface area contributed by atoms with Crippen LogP contribution in [0.2, 0.25) is 0 Å². The van der Waals surface area contributed by atoms with Crippen LogP contribution < -0.4 is 10.6 Å². The number of anilines is 1. The van der Waals surface area contributed by atoms with Crippen LogP contribution in [0.15, 0.2) is 60.7 Å². The van der Waals surface area contributed by atoms with E-state index in [1.54, 1.807) is 24.3 Å². The molecule has 0 fully saturated rings. The van der Waals surface area contributed by atoms with Gasteiger partial charge < -0.3 is 10.6 Å². The molecule has 1 atom stereocenters. The third-order valence-electron chi connectivity index (χ3n) is 4.11. The van der Waals surface area contributed by atoms with E-state index in [-0.39, 0.29) is 24.2 Å². The molecule has 0 spiro atoms. The van der Waals surface area contributed by atoms with E-state index >= 15 is 0 Å². The molecule has 0 saturated carbocycles. The molecule has 6 nitrogen and oxygen atoms in total. The van der Waals surface area contributed by atoms with Gasteiger partial charge in [-0.1, -0.05) is 73.7 Å². The van der Waals surface area contributed by atoms with Crippen LogP contribution in [-0.4, -0.2) is 22.0 Å². The van der Waals surface area contributed by atoms with Crippen LogP contribution in [-0.2, 0) is 4.79 Å². The molecule has 2 N–H and O–H groups in total. The Bertz CT molecular complexity index is 926. The lowest BCUT2D eigenvalue weighted by atomic mass is 10.0. The molecule has 3 aromatic rings. The molecule has 0 aliphatic carbocycles. The molecule has 0 unspecified atom stereocenters. The van der Waals surface area contributed by atoms with Crippen molar-refractivity contribution < 1.29 is 9.59 Å². The van der Waals surface area contributed by atoms with Gasteiger partial charge in [-0.15, -0.1) is 10.2 Å². The van der Waals surface area contributed by atoms with E-state index in [0.29, 0.717) is 10.7 Å². The highest BCUT2D eigenvalue weighted by Gasteiger charge is 2.20. The SMILES string of the molecule is CC(C)c1nnc(NC(=O)C[C@@H](NC(=O)c2ccccc2)c2ccccc2)s1. The molecule has 0 saturated heterocycles. The van der Waals surface area contributed by atoms with Crippen molar-refractivity contribution >= 4 is 28.3 Å². The molecule has 3 rings (SSSR count). The maximum Gasteiger partial charge on any atom is 0.251 e. The predicted octanol–water partition coefficient (Wildman–Crippen LogP) is 4.16. The fourth-order valence-corrected chi connectivity index (χ4v) is 3.40. The number of rotatable bonds is 7. The number of carbonyl (C=O) groups excluding carboxylic acids is 2. The first-order valence-electron chi connectivity index (χ1n) is 9.07. The summed E-state index contributed by atoms with van der Waals surface area (Å²) in [5, 5.41) is 15.2. The average molecular weight is 395 g/mol. The summed E-state index contributed by atoms with van der Waals surface area (Å²) < 4.78 is 0. The van der Waals surface area contributed by atoms with Crippen molar-refractivity contribution in [1.29, 1.82) is 0 Å². The smallest absolute Gasteiger partial charge is 0.251 e. The van der Waals surface area contributed by atoms with Crippen LogP contribution in [0.3, 0.4) is 0 Å². The van der Waals surface area contributed by atoms with E-state index in [4.69, 9.17) is 0 Å². The van der Waals surface area contributed by atoms with Crippen LogP contribution in [0.25, 0.3) is 0 Å². The van der Waals surface area contributed by atoms with E-state index in [1.807, 2.05) is 50.2 Å². The first kappa shape index (κ1) is 19.7. The van der Waals surface area contributed by atoms with Crippen LogP contribution >= 0.6 is 11.3 Å². The monoisotopic (exact) mass is 394 g/mol. The summed E-state index contributed by atoms with van der Waals surface area (Å²) in [5.74, 6) is -0.195. The van der Waals surface area contributed by atoms with E-state index in [2.05, 4.69) is 20.8 Å². The Morgan fingerprint density at radius 2 is 1.61 bits per heavy atom. The summed E-state index contributed by atoms with van der Waals surface area (Å²) in [5.41, 5.74) is 1.41. The van der Waals surface area contributed by atoms with Gasteiger partial charge in [0.25, 0.3) is 5.91 Å². The Kier molecular flexibility index (Phi) is 6.49. The van der Waals surface area contributed by atoms with Gasteiger partial charge in [-0.2, -0.15) is 0 Å². The largest absolute Gasteiger partial charge is 0.345 e. The number of amides is 2. The summed E-state index contributed by atoms with van der Waals surface area (Å²) in [7, 11) is 0. The minimum Gasteiger partial charge on any atom is -0.345 e. The lowest BCUT2D eigenvalue weighted by Gasteiger charge is -2.19. The number of hydrogen-bond acceptors (Lipinski definition) is 5. The van der Waals surface area contributed by atoms with Crippen molar-refractivity contribution in [3.8, 4) is 0 Å². The maximum atomic E-state index is 12.6. The van der Waals surface area contributed by atoms with Crippen molar-refractivity contribution in [2.75, 3.05) is 5.32 Å². The molecule has 1 aromatic heterocycles. The zero-order valence-corrected chi connectivity index (χ0v) is 16.6. The predicted molar refractivity (Wildman–Crippen MR) is 110 cm³/mol. The van der Waals surface area contributed by atoms with E-state index in [9.17, 15) is 9.59 Å². The molecule has 28 heavy (non-hydrogen) atoms. The van der Waals surface area contributed by atoms with Gasteiger partial charge in [0.15, 0.2) is 0 Å². The maximum absolute atomic E-state index is 12.6. The van der Waals surface area contributed by atoms with Gasteiger partial charge in [0, 0.05) is 11.5 Å². The molecule has 0 aliphatic heterocycles. The van der Waals surface area contributed by atoms with Gasteiger partial charge in [-0.05, 0) is 17.7 Å². The standard InChI is InChI=1S/C21H22N4O2S/c1-14(2)20-24-25-21(28-20)23-18(26)13-17(15-9-5-3-6-10-15)22-19(27)16-11-7-4-8-12-16/h3-12,14,17H,13H2,1-2H3,(H,22,27)(H,23,25,26)/t17-/m1/s1. The molecule has 0 bridgehead atoms. The molecule has 144 valence electrons.